The Hall–Kier alpha value is -0.600. The molecule has 14 heavy (non-hydrogen) atoms. The lowest BCUT2D eigenvalue weighted by Gasteiger charge is -2.21. The molecule has 0 spiro atoms. The number of ether oxygens (including phenoxy) is 1. The maximum absolute atomic E-state index is 11.3. The number of hydrogen-bond donors (Lipinski definition) is 2. The lowest BCUT2D eigenvalue weighted by atomic mass is 9.91. The van der Waals surface area contributed by atoms with E-state index in [1.165, 1.54) is 7.11 Å². The van der Waals surface area contributed by atoms with E-state index in [0.29, 0.717) is 12.1 Å². The van der Waals surface area contributed by atoms with E-state index in [9.17, 15) is 9.90 Å². The minimum absolute atomic E-state index is 0.322. The predicted molar refractivity (Wildman–Crippen MR) is 56.4 cm³/mol. The van der Waals surface area contributed by atoms with Gasteiger partial charge >= 0.3 is 5.97 Å². The van der Waals surface area contributed by atoms with Crippen molar-refractivity contribution in [3.63, 3.8) is 0 Å². The molecule has 0 aliphatic heterocycles. The van der Waals surface area contributed by atoms with Crippen molar-refractivity contribution >= 4 is 15.4 Å². The predicted octanol–water partition coefficient (Wildman–Crippen LogP) is 0.728. The van der Waals surface area contributed by atoms with Gasteiger partial charge in [0.15, 0.2) is 0 Å². The third kappa shape index (κ3) is 2.69. The van der Waals surface area contributed by atoms with E-state index in [1.54, 1.807) is 0 Å². The van der Waals surface area contributed by atoms with Gasteiger partial charge in [-0.1, -0.05) is 0 Å². The number of carbonyl (C=O) groups excluding carboxylic acids is 1. The van der Waals surface area contributed by atoms with E-state index >= 15 is 0 Å². The molecule has 0 aromatic heterocycles. The van der Waals surface area contributed by atoms with Crippen molar-refractivity contribution in [1.29, 1.82) is 0 Å². The number of methoxy groups -OCH3 is 1. The molecule has 1 aliphatic rings. The Morgan fingerprint density at radius 3 is 2.93 bits per heavy atom. The lowest BCUT2D eigenvalue weighted by molar-refractivity contribution is -0.136. The largest absolute Gasteiger partial charge is 0.464 e. The number of hydrogen-bond acceptors (Lipinski definition) is 4. The van der Waals surface area contributed by atoms with Crippen molar-refractivity contribution in [3.8, 4) is 0 Å². The van der Waals surface area contributed by atoms with Crippen LogP contribution in [0.4, 0.5) is 0 Å². The molecule has 5 heteroatoms. The summed E-state index contributed by atoms with van der Waals surface area (Å²) in [6.07, 6.45) is 2.82. The van der Waals surface area contributed by atoms with Crippen LogP contribution in [0.3, 0.4) is 0 Å². The van der Waals surface area contributed by atoms with Crippen molar-refractivity contribution < 1.29 is 14.6 Å². The zero-order chi connectivity index (χ0) is 10.6. The Bertz CT molecular complexity index is 252. The average molecular weight is 217 g/mol. The van der Waals surface area contributed by atoms with Crippen LogP contribution in [0, 0.1) is 0 Å². The second-order valence-corrected chi connectivity index (χ2v) is 3.65. The van der Waals surface area contributed by atoms with Crippen molar-refractivity contribution in [2.75, 3.05) is 7.11 Å². The second-order valence-electron chi connectivity index (χ2n) is 3.36. The third-order valence-electron chi connectivity index (χ3n) is 2.39. The Morgan fingerprint density at radius 1 is 1.71 bits per heavy atom. The van der Waals surface area contributed by atoms with Gasteiger partial charge in [0.25, 0.3) is 0 Å². The Balaban J connectivity index is 2.81. The highest BCUT2D eigenvalue weighted by atomic mass is 31.0. The van der Waals surface area contributed by atoms with Crippen LogP contribution in [0.2, 0.25) is 0 Å². The first kappa shape index (κ1) is 11.5. The first-order chi connectivity index (χ1) is 6.69. The summed E-state index contributed by atoms with van der Waals surface area (Å²) >= 11 is 0. The van der Waals surface area contributed by atoms with Crippen LogP contribution < -0.4 is 5.09 Å². The van der Waals surface area contributed by atoms with E-state index < -0.39 is 0 Å². The van der Waals surface area contributed by atoms with Crippen LogP contribution in [0.5, 0.6) is 0 Å². The number of rotatable bonds is 2. The van der Waals surface area contributed by atoms with Crippen LogP contribution in [0.25, 0.3) is 0 Å². The van der Waals surface area contributed by atoms with Gasteiger partial charge in [-0.05, 0) is 40.6 Å². The minimum Gasteiger partial charge on any atom is -0.464 e. The van der Waals surface area contributed by atoms with Crippen molar-refractivity contribution in [2.24, 2.45) is 0 Å². The van der Waals surface area contributed by atoms with Crippen LogP contribution in [0.15, 0.2) is 11.3 Å². The summed E-state index contributed by atoms with van der Waals surface area (Å²) in [6.45, 7) is 0. The number of carbonyl (C=O) groups is 1. The summed E-state index contributed by atoms with van der Waals surface area (Å²) in [5, 5.41) is 12.2. The summed E-state index contributed by atoms with van der Waals surface area (Å²) in [4.78, 5) is 11.3. The monoisotopic (exact) mass is 217 g/mol. The smallest absolute Gasteiger partial charge is 0.354 e. The average Bonchev–Trinajstić information content (AvgIpc) is 2.19. The van der Waals surface area contributed by atoms with E-state index in [2.05, 4.69) is 19.2 Å². The maximum Gasteiger partial charge on any atom is 0.354 e. The second kappa shape index (κ2) is 5.32. The summed E-state index contributed by atoms with van der Waals surface area (Å²) in [5.41, 5.74) is 1.42. The van der Waals surface area contributed by atoms with Crippen molar-refractivity contribution in [3.05, 3.63) is 11.3 Å². The Labute approximate surface area is 86.0 Å². The maximum atomic E-state index is 11.3. The molecule has 2 unspecified atom stereocenters. The highest BCUT2D eigenvalue weighted by Gasteiger charge is 2.21. The summed E-state index contributed by atoms with van der Waals surface area (Å²) in [6, 6.07) is 0. The van der Waals surface area contributed by atoms with Crippen LogP contribution >= 0.6 is 9.39 Å². The van der Waals surface area contributed by atoms with E-state index in [-0.39, 0.29) is 12.1 Å². The molecule has 0 aromatic carbocycles. The fraction of sp³-hybridized carbons (Fsp3) is 0.667. The molecule has 0 amide bonds. The van der Waals surface area contributed by atoms with Crippen molar-refractivity contribution in [1.82, 2.24) is 5.09 Å². The molecule has 1 aliphatic carbocycles. The minimum atomic E-state index is -0.371. The number of aliphatic hydroxyl groups excluding tert-OH is 1. The molecule has 1 saturated carbocycles. The van der Waals surface area contributed by atoms with Gasteiger partial charge in [0.2, 0.25) is 0 Å². The normalized spacial score (nSPS) is 25.5. The molecular weight excluding hydrogens is 201 g/mol. The third-order valence-corrected chi connectivity index (χ3v) is 2.67. The van der Waals surface area contributed by atoms with Crippen LogP contribution in [0.1, 0.15) is 25.7 Å². The Kier molecular flexibility index (Phi) is 4.36. The van der Waals surface area contributed by atoms with E-state index in [4.69, 9.17) is 0 Å². The molecule has 0 bridgehead atoms. The van der Waals surface area contributed by atoms with Crippen LogP contribution in [-0.4, -0.2) is 24.3 Å². The van der Waals surface area contributed by atoms with Crippen molar-refractivity contribution in [2.45, 2.75) is 31.8 Å². The molecule has 2 N–H and O–H groups in total. The molecule has 0 radical (unpaired) electrons. The molecule has 80 valence electrons. The molecule has 2 atom stereocenters. The zero-order valence-corrected chi connectivity index (χ0v) is 9.40. The fourth-order valence-corrected chi connectivity index (χ4v) is 2.00. The molecular formula is C9H16NO3P. The molecule has 0 heterocycles. The van der Waals surface area contributed by atoms with Gasteiger partial charge in [0, 0.05) is 0 Å². The molecule has 1 fully saturated rings. The summed E-state index contributed by atoms with van der Waals surface area (Å²) in [7, 11) is 3.64. The van der Waals surface area contributed by atoms with Gasteiger partial charge in [-0.15, -0.1) is 0 Å². The van der Waals surface area contributed by atoms with Gasteiger partial charge in [0.05, 0.1) is 13.2 Å². The standard InChI is InChI=1S/C9H16NO3P/c1-13-9(12)8(10-14)6-3-2-4-7(11)5-6/h7,10-11H,2-5,14H2,1H3. The zero-order valence-electron chi connectivity index (χ0n) is 8.25. The molecule has 4 nitrogen and oxygen atoms in total. The van der Waals surface area contributed by atoms with E-state index in [0.717, 1.165) is 24.8 Å². The molecule has 0 saturated heterocycles. The highest BCUT2D eigenvalue weighted by molar-refractivity contribution is 7.14. The SMILES string of the molecule is COC(=O)C(NP)=C1CCCC(O)C1. The fourth-order valence-electron chi connectivity index (χ4n) is 1.67. The van der Waals surface area contributed by atoms with Crippen LogP contribution in [-0.2, 0) is 9.53 Å². The Morgan fingerprint density at radius 2 is 2.43 bits per heavy atom. The van der Waals surface area contributed by atoms with Gasteiger partial charge in [-0.3, -0.25) is 0 Å². The van der Waals surface area contributed by atoms with Gasteiger partial charge < -0.3 is 14.9 Å². The highest BCUT2D eigenvalue weighted by Crippen LogP contribution is 2.26. The molecule has 1 rings (SSSR count). The van der Waals surface area contributed by atoms with Gasteiger partial charge in [-0.2, -0.15) is 0 Å². The summed E-state index contributed by atoms with van der Waals surface area (Å²) in [5.74, 6) is -0.371. The molecule has 0 aromatic rings. The first-order valence-corrected chi connectivity index (χ1v) is 5.21. The van der Waals surface area contributed by atoms with Gasteiger partial charge in [0.1, 0.15) is 5.70 Å². The van der Waals surface area contributed by atoms with E-state index in [1.807, 2.05) is 0 Å². The number of nitrogens with one attached hydrogen (secondary N) is 1. The van der Waals surface area contributed by atoms with Gasteiger partial charge in [-0.25, -0.2) is 4.79 Å². The summed E-state index contributed by atoms with van der Waals surface area (Å²) < 4.78 is 4.64. The number of esters is 1. The first-order valence-electron chi connectivity index (χ1n) is 4.64. The lowest BCUT2D eigenvalue weighted by Crippen LogP contribution is -2.21. The number of aliphatic hydroxyl groups is 1. The quantitative estimate of drug-likeness (QED) is 0.406. The topological polar surface area (TPSA) is 58.6 Å².